The maximum atomic E-state index is 11.4. The number of nitrogens with zero attached hydrogens (tertiary/aromatic N) is 1. The van der Waals surface area contributed by atoms with Crippen LogP contribution in [0, 0.1) is 0 Å². The fourth-order valence-electron chi connectivity index (χ4n) is 2.14. The molecule has 0 radical (unpaired) electrons. The molecule has 0 saturated carbocycles. The number of aromatic nitrogens is 2. The number of rotatable bonds is 10. The molecule has 20 heavy (non-hydrogen) atoms. The lowest BCUT2D eigenvalue weighted by Gasteiger charge is -2.02. The van der Waals surface area contributed by atoms with Gasteiger partial charge in [0.15, 0.2) is 0 Å². The van der Waals surface area contributed by atoms with Gasteiger partial charge in [-0.25, -0.2) is 4.79 Å². The first kappa shape index (κ1) is 16.3. The van der Waals surface area contributed by atoms with Crippen molar-refractivity contribution in [1.29, 1.82) is 0 Å². The molecule has 0 bridgehead atoms. The minimum atomic E-state index is -0.703. The molecule has 0 aliphatic rings. The molecule has 5 heteroatoms. The van der Waals surface area contributed by atoms with Crippen molar-refractivity contribution in [3.63, 3.8) is 0 Å². The molecule has 0 unspecified atom stereocenters. The molecule has 1 heterocycles. The second kappa shape index (κ2) is 9.18. The molecule has 1 rings (SSSR count). The van der Waals surface area contributed by atoms with Crippen molar-refractivity contribution < 1.29 is 9.90 Å². The molecular weight excluding hydrogens is 256 g/mol. The Balaban J connectivity index is 2.06. The van der Waals surface area contributed by atoms with Gasteiger partial charge in [0.05, 0.1) is 0 Å². The molecule has 0 saturated heterocycles. The molecule has 0 atom stereocenters. The van der Waals surface area contributed by atoms with E-state index >= 15 is 0 Å². The molecule has 0 amide bonds. The number of aliphatic carboxylic acids is 1. The van der Waals surface area contributed by atoms with E-state index in [0.717, 1.165) is 50.6 Å². The van der Waals surface area contributed by atoms with E-state index in [2.05, 4.69) is 11.1 Å². The number of imidazole rings is 1. The van der Waals surface area contributed by atoms with Crippen molar-refractivity contribution in [2.24, 2.45) is 0 Å². The Morgan fingerprint density at radius 2 is 1.90 bits per heavy atom. The third-order valence-electron chi connectivity index (χ3n) is 3.31. The average Bonchev–Trinajstić information content (AvgIpc) is 2.82. The zero-order valence-corrected chi connectivity index (χ0v) is 12.1. The maximum Gasteiger partial charge on any atom is 0.329 e. The topological polar surface area (TPSA) is 75.1 Å². The summed E-state index contributed by atoms with van der Waals surface area (Å²) < 4.78 is 1.60. The van der Waals surface area contributed by atoms with Crippen LogP contribution in [0.5, 0.6) is 0 Å². The van der Waals surface area contributed by atoms with Crippen LogP contribution in [0.15, 0.2) is 23.3 Å². The summed E-state index contributed by atoms with van der Waals surface area (Å²) in [6, 6.07) is 0. The highest BCUT2D eigenvalue weighted by Gasteiger charge is 1.98. The second-order valence-electron chi connectivity index (χ2n) is 5.03. The number of allylic oxidation sites excluding steroid dienone is 2. The molecule has 0 fully saturated rings. The summed E-state index contributed by atoms with van der Waals surface area (Å²) in [5.41, 5.74) is 0.856. The highest BCUT2D eigenvalue weighted by Crippen LogP contribution is 2.10. The third-order valence-corrected chi connectivity index (χ3v) is 3.31. The van der Waals surface area contributed by atoms with Gasteiger partial charge in [0.2, 0.25) is 0 Å². The zero-order valence-electron chi connectivity index (χ0n) is 12.1. The molecule has 0 spiro atoms. The van der Waals surface area contributed by atoms with E-state index in [1.165, 1.54) is 0 Å². The molecule has 0 aliphatic heterocycles. The Morgan fingerprint density at radius 1 is 1.25 bits per heavy atom. The summed E-state index contributed by atoms with van der Waals surface area (Å²) in [4.78, 5) is 24.3. The van der Waals surface area contributed by atoms with Crippen molar-refractivity contribution in [3.8, 4) is 0 Å². The molecule has 0 aromatic carbocycles. The van der Waals surface area contributed by atoms with Crippen LogP contribution < -0.4 is 5.69 Å². The van der Waals surface area contributed by atoms with Crippen LogP contribution in [-0.2, 0) is 4.79 Å². The van der Waals surface area contributed by atoms with E-state index in [1.807, 2.05) is 6.92 Å². The van der Waals surface area contributed by atoms with Gasteiger partial charge in [-0.15, -0.1) is 0 Å². The Hall–Kier alpha value is -1.78. The Morgan fingerprint density at radius 3 is 2.50 bits per heavy atom. The van der Waals surface area contributed by atoms with Crippen LogP contribution in [-0.4, -0.2) is 20.6 Å². The SMILES string of the molecule is CC(=CCCCCCCCCC(=O)O)n1cc[nH]c1=O. The highest BCUT2D eigenvalue weighted by atomic mass is 16.4. The van der Waals surface area contributed by atoms with Gasteiger partial charge in [-0.05, 0) is 26.2 Å². The minimum absolute atomic E-state index is 0.0998. The van der Waals surface area contributed by atoms with Gasteiger partial charge in [-0.3, -0.25) is 9.36 Å². The number of carboxylic acids is 1. The zero-order chi connectivity index (χ0) is 14.8. The quantitative estimate of drug-likeness (QED) is 0.646. The van der Waals surface area contributed by atoms with Crippen molar-refractivity contribution in [2.75, 3.05) is 0 Å². The second-order valence-corrected chi connectivity index (χ2v) is 5.03. The third kappa shape index (κ3) is 6.41. The van der Waals surface area contributed by atoms with Crippen molar-refractivity contribution in [3.05, 3.63) is 29.0 Å². The minimum Gasteiger partial charge on any atom is -0.481 e. The number of H-pyrrole nitrogens is 1. The number of hydrogen-bond donors (Lipinski definition) is 2. The van der Waals surface area contributed by atoms with Crippen LogP contribution in [0.4, 0.5) is 0 Å². The number of hydrogen-bond acceptors (Lipinski definition) is 2. The summed E-state index contributed by atoms with van der Waals surface area (Å²) >= 11 is 0. The molecule has 0 aliphatic carbocycles. The summed E-state index contributed by atoms with van der Waals surface area (Å²) in [7, 11) is 0. The first-order chi connectivity index (χ1) is 9.61. The molecule has 5 nitrogen and oxygen atoms in total. The van der Waals surface area contributed by atoms with E-state index in [4.69, 9.17) is 5.11 Å². The lowest BCUT2D eigenvalue weighted by molar-refractivity contribution is -0.137. The smallest absolute Gasteiger partial charge is 0.329 e. The Labute approximate surface area is 119 Å². The monoisotopic (exact) mass is 280 g/mol. The lowest BCUT2D eigenvalue weighted by Crippen LogP contribution is -2.13. The molecular formula is C15H24N2O3. The van der Waals surface area contributed by atoms with E-state index < -0.39 is 5.97 Å². The number of carboxylic acid groups (broad SMARTS) is 1. The number of aromatic amines is 1. The predicted molar refractivity (Wildman–Crippen MR) is 79.6 cm³/mol. The normalized spacial score (nSPS) is 11.8. The van der Waals surface area contributed by atoms with Crippen LogP contribution in [0.2, 0.25) is 0 Å². The standard InChI is InChI=1S/C15H24N2O3/c1-13(17-12-11-16-15(17)20)9-7-5-3-2-4-6-8-10-14(18)19/h9,11-12H,2-8,10H2,1H3,(H,16,20)(H,18,19). The number of nitrogens with one attached hydrogen (secondary N) is 1. The van der Waals surface area contributed by atoms with E-state index in [9.17, 15) is 9.59 Å². The Kier molecular flexibility index (Phi) is 7.47. The Bertz CT molecular complexity index is 485. The number of carbonyl (C=O) groups is 1. The van der Waals surface area contributed by atoms with Crippen LogP contribution in [0.3, 0.4) is 0 Å². The van der Waals surface area contributed by atoms with Gasteiger partial charge in [0.1, 0.15) is 0 Å². The predicted octanol–water partition coefficient (Wildman–Crippen LogP) is 3.24. The summed E-state index contributed by atoms with van der Waals surface area (Å²) in [5, 5.41) is 8.50. The van der Waals surface area contributed by atoms with Crippen LogP contribution in [0.1, 0.15) is 58.3 Å². The van der Waals surface area contributed by atoms with Crippen molar-refractivity contribution in [1.82, 2.24) is 9.55 Å². The van der Waals surface area contributed by atoms with Crippen molar-refractivity contribution in [2.45, 2.75) is 58.3 Å². The van der Waals surface area contributed by atoms with Gasteiger partial charge in [-0.2, -0.15) is 0 Å². The van der Waals surface area contributed by atoms with E-state index in [0.29, 0.717) is 0 Å². The molecule has 112 valence electrons. The number of unbranched alkanes of at least 4 members (excludes halogenated alkanes) is 6. The van der Waals surface area contributed by atoms with E-state index in [-0.39, 0.29) is 12.1 Å². The van der Waals surface area contributed by atoms with Crippen molar-refractivity contribution >= 4 is 11.7 Å². The average molecular weight is 280 g/mol. The van der Waals surface area contributed by atoms with Crippen LogP contribution >= 0.6 is 0 Å². The largest absolute Gasteiger partial charge is 0.481 e. The highest BCUT2D eigenvalue weighted by molar-refractivity contribution is 5.66. The molecule has 2 N–H and O–H groups in total. The summed E-state index contributed by atoms with van der Waals surface area (Å²) in [6.07, 6.45) is 13.0. The van der Waals surface area contributed by atoms with Gasteiger partial charge < -0.3 is 10.1 Å². The fourth-order valence-corrected chi connectivity index (χ4v) is 2.14. The van der Waals surface area contributed by atoms with Gasteiger partial charge in [0, 0.05) is 24.5 Å². The fraction of sp³-hybridized carbons (Fsp3) is 0.600. The van der Waals surface area contributed by atoms with E-state index in [1.54, 1.807) is 17.0 Å². The van der Waals surface area contributed by atoms with Crippen LogP contribution in [0.25, 0.3) is 5.70 Å². The lowest BCUT2D eigenvalue weighted by atomic mass is 10.1. The maximum absolute atomic E-state index is 11.4. The summed E-state index contributed by atoms with van der Waals surface area (Å²) in [5.74, 6) is -0.703. The van der Waals surface area contributed by atoms with Gasteiger partial charge in [-0.1, -0.05) is 31.8 Å². The first-order valence-corrected chi connectivity index (χ1v) is 7.26. The summed E-state index contributed by atoms with van der Waals surface area (Å²) in [6.45, 7) is 1.93. The van der Waals surface area contributed by atoms with Gasteiger partial charge >= 0.3 is 11.7 Å². The first-order valence-electron chi connectivity index (χ1n) is 7.26. The molecule has 1 aromatic heterocycles. The van der Waals surface area contributed by atoms with Gasteiger partial charge in [0.25, 0.3) is 0 Å². The molecule has 1 aromatic rings.